The van der Waals surface area contributed by atoms with Crippen LogP contribution in [0.2, 0.25) is 5.02 Å². The molecule has 0 bridgehead atoms. The van der Waals surface area contributed by atoms with Gasteiger partial charge < -0.3 is 9.30 Å². The number of ether oxygens (including phenoxy) is 1. The van der Waals surface area contributed by atoms with E-state index in [0.717, 1.165) is 21.3 Å². The number of carbonyl (C=O) groups excluding carboxylic acids is 2. The van der Waals surface area contributed by atoms with Crippen LogP contribution in [0.25, 0.3) is 10.2 Å². The van der Waals surface area contributed by atoms with E-state index in [-0.39, 0.29) is 6.54 Å². The maximum Gasteiger partial charge on any atom is 0.325 e. The smallest absolute Gasteiger partial charge is 0.325 e. The molecule has 0 N–H and O–H groups in total. The molecule has 5 nitrogen and oxygen atoms in total. The fraction of sp³-hybridized carbons (Fsp3) is 0.211. The average Bonchev–Trinajstić information content (AvgIpc) is 2.92. The first-order valence-electron chi connectivity index (χ1n) is 7.91. The number of halogens is 1. The molecule has 0 aliphatic heterocycles. The van der Waals surface area contributed by atoms with Crippen molar-refractivity contribution in [2.75, 3.05) is 7.11 Å². The summed E-state index contributed by atoms with van der Waals surface area (Å²) >= 11 is 7.45. The molecule has 1 heterocycles. The van der Waals surface area contributed by atoms with Gasteiger partial charge in [0.1, 0.15) is 6.54 Å². The minimum atomic E-state index is -0.450. The van der Waals surface area contributed by atoms with Gasteiger partial charge in [-0.2, -0.15) is 4.99 Å². The molecule has 7 heteroatoms. The van der Waals surface area contributed by atoms with Crippen LogP contribution >= 0.6 is 22.9 Å². The molecular weight excluding hydrogens is 372 g/mol. The van der Waals surface area contributed by atoms with Crippen LogP contribution in [0.1, 0.15) is 21.5 Å². The monoisotopic (exact) mass is 388 g/mol. The van der Waals surface area contributed by atoms with Crippen LogP contribution in [0.3, 0.4) is 0 Å². The molecule has 0 unspecified atom stereocenters. The molecule has 0 atom stereocenters. The molecule has 0 saturated heterocycles. The number of methoxy groups -OCH3 is 1. The molecule has 0 radical (unpaired) electrons. The van der Waals surface area contributed by atoms with Gasteiger partial charge in [-0.3, -0.25) is 9.59 Å². The van der Waals surface area contributed by atoms with E-state index in [0.29, 0.717) is 15.4 Å². The van der Waals surface area contributed by atoms with Gasteiger partial charge >= 0.3 is 5.97 Å². The van der Waals surface area contributed by atoms with Crippen LogP contribution in [0.4, 0.5) is 0 Å². The quantitative estimate of drug-likeness (QED) is 0.639. The van der Waals surface area contributed by atoms with E-state index in [1.54, 1.807) is 28.8 Å². The lowest BCUT2D eigenvalue weighted by atomic mass is 10.1. The Morgan fingerprint density at radius 1 is 1.19 bits per heavy atom. The number of carbonyl (C=O) groups is 2. The third kappa shape index (κ3) is 3.57. The Kier molecular flexibility index (Phi) is 5.25. The fourth-order valence-electron chi connectivity index (χ4n) is 2.54. The van der Waals surface area contributed by atoms with Gasteiger partial charge in [-0.25, -0.2) is 0 Å². The molecule has 2 aromatic carbocycles. The molecule has 1 amide bonds. The summed E-state index contributed by atoms with van der Waals surface area (Å²) in [7, 11) is 1.33. The number of hydrogen-bond donors (Lipinski definition) is 0. The van der Waals surface area contributed by atoms with Gasteiger partial charge in [-0.05, 0) is 49.2 Å². The van der Waals surface area contributed by atoms with Crippen molar-refractivity contribution in [2.45, 2.75) is 20.4 Å². The van der Waals surface area contributed by atoms with Crippen LogP contribution in [-0.2, 0) is 16.1 Å². The molecule has 26 heavy (non-hydrogen) atoms. The van der Waals surface area contributed by atoms with Gasteiger partial charge in [0, 0.05) is 0 Å². The number of nitrogens with zero attached hydrogens (tertiary/aromatic N) is 2. The maximum atomic E-state index is 12.6. The molecule has 0 aliphatic carbocycles. The second kappa shape index (κ2) is 7.43. The van der Waals surface area contributed by atoms with Gasteiger partial charge in [-0.1, -0.05) is 35.1 Å². The maximum absolute atomic E-state index is 12.6. The lowest BCUT2D eigenvalue weighted by molar-refractivity contribution is -0.141. The second-order valence-corrected chi connectivity index (χ2v) is 7.26. The summed E-state index contributed by atoms with van der Waals surface area (Å²) in [6, 6.07) is 10.8. The second-order valence-electron chi connectivity index (χ2n) is 5.85. The molecule has 0 saturated carbocycles. The number of benzene rings is 2. The Morgan fingerprint density at radius 3 is 2.58 bits per heavy atom. The summed E-state index contributed by atoms with van der Waals surface area (Å²) < 4.78 is 7.44. The third-order valence-electron chi connectivity index (χ3n) is 4.11. The van der Waals surface area contributed by atoms with Gasteiger partial charge in [0.05, 0.1) is 27.9 Å². The van der Waals surface area contributed by atoms with Crippen molar-refractivity contribution < 1.29 is 14.3 Å². The summed E-state index contributed by atoms with van der Waals surface area (Å²) in [5.74, 6) is -0.858. The number of hydrogen-bond acceptors (Lipinski definition) is 4. The van der Waals surface area contributed by atoms with E-state index in [1.807, 2.05) is 26.0 Å². The van der Waals surface area contributed by atoms with E-state index in [4.69, 9.17) is 16.3 Å². The van der Waals surface area contributed by atoms with Crippen LogP contribution in [0, 0.1) is 13.8 Å². The number of aryl methyl sites for hydroxylation is 2. The zero-order valence-electron chi connectivity index (χ0n) is 14.6. The van der Waals surface area contributed by atoms with Gasteiger partial charge in [0.25, 0.3) is 5.91 Å². The number of esters is 1. The zero-order valence-corrected chi connectivity index (χ0v) is 16.1. The Morgan fingerprint density at radius 2 is 1.88 bits per heavy atom. The highest BCUT2D eigenvalue weighted by molar-refractivity contribution is 7.16. The molecule has 0 spiro atoms. The molecule has 3 aromatic rings. The van der Waals surface area contributed by atoms with Crippen LogP contribution in [0.5, 0.6) is 0 Å². The Hall–Kier alpha value is -2.44. The molecule has 3 rings (SSSR count). The fourth-order valence-corrected chi connectivity index (χ4v) is 3.86. The van der Waals surface area contributed by atoms with Crippen molar-refractivity contribution in [2.24, 2.45) is 4.99 Å². The Bertz CT molecular complexity index is 1080. The van der Waals surface area contributed by atoms with E-state index in [2.05, 4.69) is 4.99 Å². The molecule has 134 valence electrons. The van der Waals surface area contributed by atoms with Crippen molar-refractivity contribution in [3.8, 4) is 0 Å². The summed E-state index contributed by atoms with van der Waals surface area (Å²) in [6.07, 6.45) is 0. The minimum Gasteiger partial charge on any atom is -0.468 e. The summed E-state index contributed by atoms with van der Waals surface area (Å²) in [5, 5.41) is 0.341. The van der Waals surface area contributed by atoms with E-state index in [9.17, 15) is 9.59 Å². The van der Waals surface area contributed by atoms with Gasteiger partial charge in [0.15, 0.2) is 4.80 Å². The van der Waals surface area contributed by atoms with Crippen molar-refractivity contribution in [3.05, 3.63) is 62.9 Å². The first kappa shape index (κ1) is 18.4. The van der Waals surface area contributed by atoms with E-state index in [1.165, 1.54) is 18.4 Å². The highest BCUT2D eigenvalue weighted by atomic mass is 35.5. The normalized spacial score (nSPS) is 11.8. The standard InChI is InChI=1S/C19H17ClN2O3S/c1-11-8-15-16(9-12(11)2)26-19(22(15)10-17(23)25-3)21-18(24)13-6-4-5-7-14(13)20/h4-9H,10H2,1-3H3. The van der Waals surface area contributed by atoms with E-state index < -0.39 is 11.9 Å². The first-order valence-corrected chi connectivity index (χ1v) is 9.11. The van der Waals surface area contributed by atoms with E-state index >= 15 is 0 Å². The topological polar surface area (TPSA) is 60.7 Å². The largest absolute Gasteiger partial charge is 0.468 e. The average molecular weight is 389 g/mol. The minimum absolute atomic E-state index is 0.0202. The lowest BCUT2D eigenvalue weighted by Gasteiger charge is -2.05. The van der Waals surface area contributed by atoms with Crippen LogP contribution in [0.15, 0.2) is 41.4 Å². The summed E-state index contributed by atoms with van der Waals surface area (Å²) in [5.41, 5.74) is 3.39. The van der Waals surface area contributed by atoms with Crippen LogP contribution in [-0.4, -0.2) is 23.6 Å². The Balaban J connectivity index is 2.20. The highest BCUT2D eigenvalue weighted by Crippen LogP contribution is 2.22. The highest BCUT2D eigenvalue weighted by Gasteiger charge is 2.14. The lowest BCUT2D eigenvalue weighted by Crippen LogP contribution is -2.22. The van der Waals surface area contributed by atoms with Crippen molar-refractivity contribution >= 4 is 45.0 Å². The predicted octanol–water partition coefficient (Wildman–Crippen LogP) is 3.89. The van der Waals surface area contributed by atoms with Crippen molar-refractivity contribution in [1.82, 2.24) is 4.57 Å². The molecule has 0 fully saturated rings. The van der Waals surface area contributed by atoms with Crippen molar-refractivity contribution in [3.63, 3.8) is 0 Å². The van der Waals surface area contributed by atoms with Gasteiger partial charge in [-0.15, -0.1) is 0 Å². The molecule has 0 aliphatic rings. The number of fused-ring (bicyclic) bond motifs is 1. The Labute approximate surface area is 159 Å². The SMILES string of the molecule is COC(=O)Cn1c(=NC(=O)c2ccccc2Cl)sc2cc(C)c(C)cc21. The molecular formula is C19H17ClN2O3S. The van der Waals surface area contributed by atoms with Gasteiger partial charge in [0.2, 0.25) is 0 Å². The summed E-state index contributed by atoms with van der Waals surface area (Å²) in [6.45, 7) is 4.00. The van der Waals surface area contributed by atoms with Crippen LogP contribution < -0.4 is 4.80 Å². The predicted molar refractivity (Wildman–Crippen MR) is 103 cm³/mol. The third-order valence-corrected chi connectivity index (χ3v) is 5.49. The number of amides is 1. The number of rotatable bonds is 3. The van der Waals surface area contributed by atoms with Crippen molar-refractivity contribution in [1.29, 1.82) is 0 Å². The zero-order chi connectivity index (χ0) is 18.8. The summed E-state index contributed by atoms with van der Waals surface area (Å²) in [4.78, 5) is 29.1. The molecule has 1 aromatic heterocycles. The first-order chi connectivity index (χ1) is 12.4. The number of aromatic nitrogens is 1. The number of thiazole rings is 1.